The van der Waals surface area contributed by atoms with Gasteiger partial charge in [0.25, 0.3) is 11.8 Å². The highest BCUT2D eigenvalue weighted by Gasteiger charge is 2.24. The van der Waals surface area contributed by atoms with Crippen molar-refractivity contribution in [1.82, 2.24) is 5.32 Å². The number of carbonyl (C=O) groups is 3. The minimum atomic E-state index is -4.16. The van der Waals surface area contributed by atoms with Crippen LogP contribution in [-0.2, 0) is 14.3 Å². The topological polar surface area (TPSA) is 169 Å². The summed E-state index contributed by atoms with van der Waals surface area (Å²) in [5.74, 6) is -2.09. The number of nitrogen functional groups attached to an aromatic ring is 1. The van der Waals surface area contributed by atoms with Gasteiger partial charge in [0.1, 0.15) is 5.84 Å². The molecule has 0 saturated carbocycles. The number of carbonyl (C=O) groups excluding carboxylic acids is 3. The maximum atomic E-state index is 13.2. The highest BCUT2D eigenvalue weighted by Crippen LogP contribution is 2.30. The van der Waals surface area contributed by atoms with Gasteiger partial charge in [0, 0.05) is 28.4 Å². The van der Waals surface area contributed by atoms with Gasteiger partial charge in [-0.2, -0.15) is 8.42 Å². The van der Waals surface area contributed by atoms with E-state index in [1.807, 2.05) is 20.8 Å². The molecule has 0 aliphatic heterocycles. The molecule has 204 valence electrons. The first-order valence-electron chi connectivity index (χ1n) is 12.0. The lowest BCUT2D eigenvalue weighted by Gasteiger charge is -2.18. The summed E-state index contributed by atoms with van der Waals surface area (Å²) < 4.78 is 28.1. The maximum Gasteiger partial charge on any atom is 0.354 e. The van der Waals surface area contributed by atoms with Crippen LogP contribution < -0.4 is 16.4 Å². The lowest BCUT2D eigenvalue weighted by Crippen LogP contribution is -2.36. The van der Waals surface area contributed by atoms with Crippen LogP contribution in [0.3, 0.4) is 0 Å². The van der Waals surface area contributed by atoms with Crippen LogP contribution in [-0.4, -0.2) is 44.3 Å². The van der Waals surface area contributed by atoms with Gasteiger partial charge in [-0.1, -0.05) is 38.1 Å². The number of benzene rings is 3. The molecule has 11 heteroatoms. The molecule has 3 rings (SSSR count). The molecule has 3 aromatic carbocycles. The summed E-state index contributed by atoms with van der Waals surface area (Å²) in [6, 6.07) is 16.9. The Balaban J connectivity index is 2.05. The summed E-state index contributed by atoms with van der Waals surface area (Å²) in [7, 11) is -4.16. The van der Waals surface area contributed by atoms with Crippen molar-refractivity contribution in [3.63, 3.8) is 0 Å². The second-order valence-electron chi connectivity index (χ2n) is 9.33. The van der Waals surface area contributed by atoms with Gasteiger partial charge in [0.2, 0.25) is 0 Å². The molecule has 5 N–H and O–H groups in total. The molecule has 0 radical (unpaired) electrons. The molecule has 39 heavy (non-hydrogen) atoms. The summed E-state index contributed by atoms with van der Waals surface area (Å²) in [6.45, 7) is 5.74. The Morgan fingerprint density at radius 1 is 0.846 bits per heavy atom. The third-order valence-electron chi connectivity index (χ3n) is 6.00. The molecule has 2 amide bonds. The standard InChI is InChI=1S/C28H30N4O6S/c1-16(2)17(3)31-26(33)19-11-14-22(24(15-19)28(35)38-39(4,36)37)21-7-5-6-8-23(21)27(34)32-20-12-9-18(10-13-20)25(29)30/h5-17H,1-4H3,(H3,29,30)(H,31,33)(H,32,34). The number of hydrogen-bond donors (Lipinski definition) is 4. The Bertz CT molecular complexity index is 1530. The SMILES string of the molecule is CC(C)C(C)NC(=O)c1ccc(-c2ccccc2C(=O)Nc2ccc(C(=N)N)cc2)c(C(=O)OS(C)(=O)=O)c1. The van der Waals surface area contributed by atoms with Gasteiger partial charge >= 0.3 is 16.1 Å². The first kappa shape index (κ1) is 29.1. The minimum absolute atomic E-state index is 0.109. The second kappa shape index (κ2) is 11.9. The normalized spacial score (nSPS) is 11.9. The van der Waals surface area contributed by atoms with Crippen molar-refractivity contribution in [2.24, 2.45) is 11.7 Å². The number of rotatable bonds is 9. The van der Waals surface area contributed by atoms with Gasteiger partial charge in [0.15, 0.2) is 0 Å². The Hall–Kier alpha value is -4.51. The predicted octanol–water partition coefficient (Wildman–Crippen LogP) is 3.78. The van der Waals surface area contributed by atoms with E-state index in [1.165, 1.54) is 18.2 Å². The van der Waals surface area contributed by atoms with Crippen LogP contribution in [0, 0.1) is 11.3 Å². The lowest BCUT2D eigenvalue weighted by atomic mass is 9.93. The largest absolute Gasteiger partial charge is 0.384 e. The fourth-order valence-corrected chi connectivity index (χ4v) is 3.94. The van der Waals surface area contributed by atoms with Crippen LogP contribution in [0.15, 0.2) is 66.7 Å². The average Bonchev–Trinajstić information content (AvgIpc) is 2.87. The lowest BCUT2D eigenvalue weighted by molar-refractivity contribution is 0.0748. The summed E-state index contributed by atoms with van der Waals surface area (Å²) >= 11 is 0. The molecule has 0 spiro atoms. The summed E-state index contributed by atoms with van der Waals surface area (Å²) in [5.41, 5.74) is 7.06. The van der Waals surface area contributed by atoms with Gasteiger partial charge in [-0.05, 0) is 66.4 Å². The Kier molecular flexibility index (Phi) is 8.87. The second-order valence-corrected chi connectivity index (χ2v) is 10.9. The molecule has 0 bridgehead atoms. The van der Waals surface area contributed by atoms with Crippen LogP contribution in [0.1, 0.15) is 57.4 Å². The van der Waals surface area contributed by atoms with Crippen LogP contribution in [0.25, 0.3) is 11.1 Å². The van der Waals surface area contributed by atoms with Crippen LogP contribution in [0.4, 0.5) is 5.69 Å². The maximum absolute atomic E-state index is 13.2. The van der Waals surface area contributed by atoms with Crippen LogP contribution >= 0.6 is 0 Å². The predicted molar refractivity (Wildman–Crippen MR) is 149 cm³/mol. The molecule has 3 aromatic rings. The molecule has 0 fully saturated rings. The van der Waals surface area contributed by atoms with E-state index >= 15 is 0 Å². The van der Waals surface area contributed by atoms with E-state index in [2.05, 4.69) is 14.8 Å². The van der Waals surface area contributed by atoms with Gasteiger partial charge in [-0.25, -0.2) is 4.79 Å². The van der Waals surface area contributed by atoms with E-state index in [4.69, 9.17) is 11.1 Å². The number of nitrogens with one attached hydrogen (secondary N) is 3. The fourth-order valence-electron chi connectivity index (χ4n) is 3.58. The molecular weight excluding hydrogens is 520 g/mol. The zero-order chi connectivity index (χ0) is 28.9. The smallest absolute Gasteiger partial charge is 0.354 e. The average molecular weight is 551 g/mol. The molecular formula is C28H30N4O6S. The van der Waals surface area contributed by atoms with Crippen molar-refractivity contribution in [3.8, 4) is 11.1 Å². The number of hydrogen-bond acceptors (Lipinski definition) is 7. The quantitative estimate of drug-likeness (QED) is 0.178. The van der Waals surface area contributed by atoms with Crippen molar-refractivity contribution < 1.29 is 27.0 Å². The van der Waals surface area contributed by atoms with Crippen molar-refractivity contribution in [3.05, 3.63) is 89.0 Å². The molecule has 1 atom stereocenters. The van der Waals surface area contributed by atoms with E-state index in [-0.39, 0.29) is 40.0 Å². The van der Waals surface area contributed by atoms with Gasteiger partial charge in [-0.15, -0.1) is 0 Å². The highest BCUT2D eigenvalue weighted by atomic mass is 32.2. The first-order valence-corrected chi connectivity index (χ1v) is 13.8. The molecule has 0 aliphatic carbocycles. The van der Waals surface area contributed by atoms with Crippen molar-refractivity contribution in [2.75, 3.05) is 11.6 Å². The van der Waals surface area contributed by atoms with E-state index < -0.39 is 27.9 Å². The molecule has 0 aromatic heterocycles. The van der Waals surface area contributed by atoms with Crippen molar-refractivity contribution >= 4 is 39.4 Å². The van der Waals surface area contributed by atoms with Gasteiger partial charge in [0.05, 0.1) is 11.8 Å². The monoisotopic (exact) mass is 550 g/mol. The van der Waals surface area contributed by atoms with Crippen LogP contribution in [0.5, 0.6) is 0 Å². The third-order valence-corrected chi connectivity index (χ3v) is 6.46. The highest BCUT2D eigenvalue weighted by molar-refractivity contribution is 7.86. The fraction of sp³-hybridized carbons (Fsp3) is 0.214. The van der Waals surface area contributed by atoms with E-state index in [9.17, 15) is 22.8 Å². The van der Waals surface area contributed by atoms with E-state index in [0.29, 0.717) is 16.8 Å². The minimum Gasteiger partial charge on any atom is -0.384 e. The molecule has 0 aliphatic rings. The number of anilines is 1. The number of nitrogens with two attached hydrogens (primary N) is 1. The Labute approximate surface area is 227 Å². The van der Waals surface area contributed by atoms with Gasteiger partial charge in [-0.3, -0.25) is 15.0 Å². The Morgan fingerprint density at radius 2 is 1.44 bits per heavy atom. The van der Waals surface area contributed by atoms with Crippen LogP contribution in [0.2, 0.25) is 0 Å². The van der Waals surface area contributed by atoms with Crippen molar-refractivity contribution in [2.45, 2.75) is 26.8 Å². The number of amidine groups is 1. The molecule has 1 unspecified atom stereocenters. The van der Waals surface area contributed by atoms with E-state index in [0.717, 1.165) is 6.26 Å². The Morgan fingerprint density at radius 3 is 2.03 bits per heavy atom. The zero-order valence-electron chi connectivity index (χ0n) is 21.9. The van der Waals surface area contributed by atoms with E-state index in [1.54, 1.807) is 48.5 Å². The number of amides is 2. The summed E-state index contributed by atoms with van der Waals surface area (Å²) in [5, 5.41) is 13.1. The summed E-state index contributed by atoms with van der Waals surface area (Å²) in [6.07, 6.45) is 0.740. The zero-order valence-corrected chi connectivity index (χ0v) is 22.8. The van der Waals surface area contributed by atoms with Gasteiger partial charge < -0.3 is 20.6 Å². The molecule has 0 saturated heterocycles. The molecule has 0 heterocycles. The molecule has 10 nitrogen and oxygen atoms in total. The van der Waals surface area contributed by atoms with Crippen molar-refractivity contribution in [1.29, 1.82) is 5.41 Å². The first-order chi connectivity index (χ1) is 18.3. The third kappa shape index (κ3) is 7.51. The summed E-state index contributed by atoms with van der Waals surface area (Å²) in [4.78, 5) is 39.0.